The molecule has 3 heterocycles. The molecule has 0 unspecified atom stereocenters. The molecule has 0 aliphatic carbocycles. The van der Waals surface area contributed by atoms with Crippen molar-refractivity contribution in [2.75, 3.05) is 0 Å². The molecule has 1 aromatic carbocycles. The monoisotopic (exact) mass is 367 g/mol. The van der Waals surface area contributed by atoms with Gasteiger partial charge in [0.25, 0.3) is 0 Å². The second-order valence-corrected chi connectivity index (χ2v) is 5.95. The molecule has 0 aliphatic rings. The lowest BCUT2D eigenvalue weighted by Gasteiger charge is -2.07. The maximum absolute atomic E-state index is 6.04. The van der Waals surface area contributed by atoms with E-state index < -0.39 is 0 Å². The number of hydrogen-bond acceptors (Lipinski definition) is 2. The summed E-state index contributed by atoms with van der Waals surface area (Å²) in [6, 6.07) is 10.3. The first kappa shape index (κ1) is 19.9. The molecule has 3 nitrogen and oxygen atoms in total. The summed E-state index contributed by atoms with van der Waals surface area (Å²) >= 11 is 6.04. The lowest BCUT2D eigenvalue weighted by atomic mass is 10.1. The number of benzene rings is 1. The van der Waals surface area contributed by atoms with Gasteiger partial charge in [0.15, 0.2) is 0 Å². The Morgan fingerprint density at radius 2 is 1.77 bits per heavy atom. The molecule has 4 aromatic rings. The van der Waals surface area contributed by atoms with Crippen molar-refractivity contribution in [2.45, 2.75) is 41.2 Å². The average Bonchev–Trinajstić information content (AvgIpc) is 3.01. The zero-order chi connectivity index (χ0) is 19.1. The van der Waals surface area contributed by atoms with Gasteiger partial charge in [-0.3, -0.25) is 9.97 Å². The number of fused-ring (bicyclic) bond motifs is 2. The molecular formula is C22H26ClN3. The fraction of sp³-hybridized carbons (Fsp3) is 0.273. The van der Waals surface area contributed by atoms with Gasteiger partial charge in [-0.05, 0) is 42.3 Å². The maximum Gasteiger partial charge on any atom is 0.0703 e. The third-order valence-corrected chi connectivity index (χ3v) is 4.15. The number of rotatable bonds is 2. The third-order valence-electron chi connectivity index (χ3n) is 3.95. The van der Waals surface area contributed by atoms with Crippen molar-refractivity contribution in [3.8, 4) is 0 Å². The first-order chi connectivity index (χ1) is 12.7. The molecule has 0 atom stereocenters. The fourth-order valence-corrected chi connectivity index (χ4v) is 3.06. The molecule has 0 bridgehead atoms. The van der Waals surface area contributed by atoms with Crippen LogP contribution in [0.25, 0.3) is 21.8 Å². The lowest BCUT2D eigenvalue weighted by molar-refractivity contribution is 0.835. The van der Waals surface area contributed by atoms with Crippen LogP contribution in [-0.2, 0) is 6.54 Å². The van der Waals surface area contributed by atoms with Crippen LogP contribution >= 0.6 is 11.6 Å². The van der Waals surface area contributed by atoms with Crippen molar-refractivity contribution >= 4 is 33.4 Å². The van der Waals surface area contributed by atoms with Gasteiger partial charge in [-0.2, -0.15) is 0 Å². The van der Waals surface area contributed by atoms with Crippen molar-refractivity contribution in [1.82, 2.24) is 14.5 Å². The third kappa shape index (κ3) is 4.23. The van der Waals surface area contributed by atoms with Gasteiger partial charge >= 0.3 is 0 Å². The average molecular weight is 368 g/mol. The Morgan fingerprint density at radius 3 is 2.54 bits per heavy atom. The summed E-state index contributed by atoms with van der Waals surface area (Å²) in [5, 5.41) is 2.94. The topological polar surface area (TPSA) is 30.7 Å². The summed E-state index contributed by atoms with van der Waals surface area (Å²) in [6.45, 7) is 10.9. The fourth-order valence-electron chi connectivity index (χ4n) is 2.89. The van der Waals surface area contributed by atoms with Crippen molar-refractivity contribution in [2.24, 2.45) is 0 Å². The molecule has 3 aromatic heterocycles. The number of halogens is 1. The zero-order valence-corrected chi connectivity index (χ0v) is 16.9. The Balaban J connectivity index is 0.000000570. The predicted molar refractivity (Wildman–Crippen MR) is 113 cm³/mol. The number of pyridine rings is 2. The quantitative estimate of drug-likeness (QED) is 0.397. The summed E-state index contributed by atoms with van der Waals surface area (Å²) in [5.74, 6) is 0. The standard InChI is InChI=1S/C18H14ClN3.2C2H6/c1-12-10-22(18-4-5-20-9-16(12)18)11-13-2-3-17-14(6-13)7-15(19)8-21-17;2*1-2/h2-10H,11H2,1H3;2*1-2H3. The van der Waals surface area contributed by atoms with Crippen LogP contribution in [0.5, 0.6) is 0 Å². The maximum atomic E-state index is 6.04. The van der Waals surface area contributed by atoms with E-state index in [-0.39, 0.29) is 0 Å². The van der Waals surface area contributed by atoms with Gasteiger partial charge in [0, 0.05) is 42.1 Å². The molecule has 0 radical (unpaired) electrons. The summed E-state index contributed by atoms with van der Waals surface area (Å²) in [7, 11) is 0. The highest BCUT2D eigenvalue weighted by molar-refractivity contribution is 6.31. The summed E-state index contributed by atoms with van der Waals surface area (Å²) in [4.78, 5) is 8.54. The van der Waals surface area contributed by atoms with Gasteiger partial charge in [-0.25, -0.2) is 0 Å². The Morgan fingerprint density at radius 1 is 1.00 bits per heavy atom. The van der Waals surface area contributed by atoms with Crippen molar-refractivity contribution in [3.05, 3.63) is 71.3 Å². The zero-order valence-electron chi connectivity index (χ0n) is 16.1. The Labute approximate surface area is 160 Å². The molecular weight excluding hydrogens is 342 g/mol. The summed E-state index contributed by atoms with van der Waals surface area (Å²) in [6.07, 6.45) is 7.61. The van der Waals surface area contributed by atoms with Gasteiger partial charge in [0.1, 0.15) is 0 Å². The normalized spacial score (nSPS) is 10.1. The van der Waals surface area contributed by atoms with E-state index in [1.807, 2.05) is 52.2 Å². The second-order valence-electron chi connectivity index (χ2n) is 5.51. The Bertz CT molecular complexity index is 989. The van der Waals surface area contributed by atoms with Crippen LogP contribution in [0.1, 0.15) is 38.8 Å². The minimum absolute atomic E-state index is 0.665. The second kappa shape index (κ2) is 9.35. The highest BCUT2D eigenvalue weighted by Crippen LogP contribution is 2.22. The summed E-state index contributed by atoms with van der Waals surface area (Å²) in [5.41, 5.74) is 4.64. The van der Waals surface area contributed by atoms with E-state index in [0.717, 1.165) is 17.4 Å². The van der Waals surface area contributed by atoms with E-state index in [2.05, 4.69) is 45.9 Å². The molecule has 0 spiro atoms. The van der Waals surface area contributed by atoms with Gasteiger partial charge < -0.3 is 4.57 Å². The first-order valence-electron chi connectivity index (χ1n) is 9.14. The largest absolute Gasteiger partial charge is 0.343 e. The number of aromatic nitrogens is 3. The summed E-state index contributed by atoms with van der Waals surface area (Å²) < 4.78 is 2.26. The van der Waals surface area contributed by atoms with Gasteiger partial charge in [-0.1, -0.05) is 45.4 Å². The van der Waals surface area contributed by atoms with E-state index in [0.29, 0.717) is 5.02 Å². The number of aryl methyl sites for hydroxylation is 1. The smallest absolute Gasteiger partial charge is 0.0703 e. The molecule has 0 fully saturated rings. The van der Waals surface area contributed by atoms with E-state index in [1.54, 1.807) is 6.20 Å². The molecule has 0 amide bonds. The van der Waals surface area contributed by atoms with E-state index in [4.69, 9.17) is 11.6 Å². The molecule has 0 saturated carbocycles. The van der Waals surface area contributed by atoms with Crippen molar-refractivity contribution in [3.63, 3.8) is 0 Å². The van der Waals surface area contributed by atoms with E-state index in [9.17, 15) is 0 Å². The Hall–Kier alpha value is -2.39. The highest BCUT2D eigenvalue weighted by atomic mass is 35.5. The molecule has 0 N–H and O–H groups in total. The van der Waals surface area contributed by atoms with Crippen LogP contribution in [0.15, 0.2) is 55.1 Å². The first-order valence-corrected chi connectivity index (χ1v) is 9.52. The molecule has 26 heavy (non-hydrogen) atoms. The van der Waals surface area contributed by atoms with Crippen LogP contribution in [-0.4, -0.2) is 14.5 Å². The van der Waals surface area contributed by atoms with Crippen LogP contribution in [0.4, 0.5) is 0 Å². The predicted octanol–water partition coefficient (Wildman–Crippen LogP) is 6.65. The highest BCUT2D eigenvalue weighted by Gasteiger charge is 2.06. The van der Waals surface area contributed by atoms with Crippen LogP contribution in [0, 0.1) is 6.92 Å². The molecule has 4 rings (SSSR count). The van der Waals surface area contributed by atoms with E-state index >= 15 is 0 Å². The number of nitrogens with zero attached hydrogens (tertiary/aromatic N) is 3. The van der Waals surface area contributed by atoms with Crippen molar-refractivity contribution < 1.29 is 0 Å². The molecule has 0 saturated heterocycles. The van der Waals surface area contributed by atoms with Gasteiger partial charge in [0.05, 0.1) is 16.1 Å². The lowest BCUT2D eigenvalue weighted by Crippen LogP contribution is -1.98. The van der Waals surface area contributed by atoms with Gasteiger partial charge in [0.2, 0.25) is 0 Å². The number of hydrogen-bond donors (Lipinski definition) is 0. The molecule has 4 heteroatoms. The van der Waals surface area contributed by atoms with Crippen LogP contribution in [0.2, 0.25) is 5.02 Å². The van der Waals surface area contributed by atoms with Crippen LogP contribution in [0.3, 0.4) is 0 Å². The SMILES string of the molecule is CC.CC.Cc1cn(Cc2ccc3ncc(Cl)cc3c2)c2ccncc12. The Kier molecular flexibility index (Phi) is 7.16. The minimum Gasteiger partial charge on any atom is -0.343 e. The van der Waals surface area contributed by atoms with E-state index in [1.165, 1.54) is 22.0 Å². The van der Waals surface area contributed by atoms with Gasteiger partial charge in [-0.15, -0.1) is 0 Å². The minimum atomic E-state index is 0.665. The molecule has 136 valence electrons. The van der Waals surface area contributed by atoms with Crippen molar-refractivity contribution in [1.29, 1.82) is 0 Å². The van der Waals surface area contributed by atoms with Crippen LogP contribution < -0.4 is 0 Å². The molecule has 0 aliphatic heterocycles.